The molecule has 0 N–H and O–H groups in total. The van der Waals surface area contributed by atoms with Crippen LogP contribution >= 0.6 is 0 Å². The van der Waals surface area contributed by atoms with Gasteiger partial charge in [0.05, 0.1) is 6.20 Å². The fourth-order valence-electron chi connectivity index (χ4n) is 3.58. The number of hydrogen-bond acceptors (Lipinski definition) is 5. The number of rotatable bonds is 5. The molecule has 3 heterocycles. The first kappa shape index (κ1) is 16.7. The second-order valence-electron chi connectivity index (χ2n) is 6.86. The number of hydrogen-bond donors (Lipinski definition) is 0. The molecule has 1 fully saturated rings. The van der Waals surface area contributed by atoms with Crippen LogP contribution in [0.3, 0.4) is 0 Å². The van der Waals surface area contributed by atoms with Gasteiger partial charge in [0, 0.05) is 43.9 Å². The monoisotopic (exact) mass is 346 g/mol. The van der Waals surface area contributed by atoms with Gasteiger partial charge in [0.2, 0.25) is 5.88 Å². The van der Waals surface area contributed by atoms with E-state index in [0.717, 1.165) is 18.8 Å². The average molecular weight is 346 g/mol. The van der Waals surface area contributed by atoms with Gasteiger partial charge < -0.3 is 4.74 Å². The number of ether oxygens (including phenoxy) is 1. The van der Waals surface area contributed by atoms with Gasteiger partial charge in [-0.05, 0) is 41.7 Å². The molecule has 0 unspecified atom stereocenters. The Kier molecular flexibility index (Phi) is 4.88. The summed E-state index contributed by atoms with van der Waals surface area (Å²) in [6.07, 6.45) is 9.87. The van der Waals surface area contributed by atoms with E-state index in [2.05, 4.69) is 45.0 Å². The molecule has 132 valence electrons. The molecule has 0 aliphatic carbocycles. The summed E-state index contributed by atoms with van der Waals surface area (Å²) in [6.45, 7) is 4.36. The highest BCUT2D eigenvalue weighted by molar-refractivity contribution is 5.30. The molecule has 2 aromatic heterocycles. The van der Waals surface area contributed by atoms with E-state index < -0.39 is 0 Å². The highest BCUT2D eigenvalue weighted by atomic mass is 16.5. The summed E-state index contributed by atoms with van der Waals surface area (Å²) in [5.74, 6) is 1.97. The van der Waals surface area contributed by atoms with Crippen molar-refractivity contribution in [2.45, 2.75) is 25.9 Å². The average Bonchev–Trinajstić information content (AvgIpc) is 3.05. The van der Waals surface area contributed by atoms with Gasteiger partial charge in [-0.25, -0.2) is 4.98 Å². The predicted molar refractivity (Wildman–Crippen MR) is 99.7 cm³/mol. The normalized spacial score (nSPS) is 20.2. The Labute approximate surface area is 153 Å². The Bertz CT molecular complexity index is 824. The van der Waals surface area contributed by atoms with Crippen molar-refractivity contribution in [1.29, 1.82) is 0 Å². The molecule has 1 saturated heterocycles. The van der Waals surface area contributed by atoms with E-state index >= 15 is 0 Å². The number of likely N-dealkylation sites (tertiary alicyclic amines) is 1. The lowest BCUT2D eigenvalue weighted by molar-refractivity contribution is 0.245. The van der Waals surface area contributed by atoms with Gasteiger partial charge in [0.15, 0.2) is 0 Å². The SMILES string of the molecule is C[C@H]1C[C@@H](c2cccnc2)N(Cc2ccc(Oc3cnccn3)cc2)C1. The third-order valence-electron chi connectivity index (χ3n) is 4.75. The molecule has 0 spiro atoms. The maximum atomic E-state index is 5.72. The van der Waals surface area contributed by atoms with Crippen molar-refractivity contribution in [2.75, 3.05) is 6.54 Å². The van der Waals surface area contributed by atoms with E-state index in [1.54, 1.807) is 18.6 Å². The zero-order valence-corrected chi connectivity index (χ0v) is 14.8. The summed E-state index contributed by atoms with van der Waals surface area (Å²) in [7, 11) is 0. The number of nitrogens with zero attached hydrogens (tertiary/aromatic N) is 4. The minimum atomic E-state index is 0.439. The summed E-state index contributed by atoms with van der Waals surface area (Å²) in [5, 5.41) is 0. The van der Waals surface area contributed by atoms with E-state index in [1.165, 1.54) is 17.5 Å². The molecule has 0 saturated carbocycles. The highest BCUT2D eigenvalue weighted by Gasteiger charge is 2.30. The first-order valence-electron chi connectivity index (χ1n) is 8.95. The molecule has 0 radical (unpaired) electrons. The number of pyridine rings is 1. The van der Waals surface area contributed by atoms with Crippen molar-refractivity contribution in [3.63, 3.8) is 0 Å². The first-order valence-corrected chi connectivity index (χ1v) is 8.95. The molecule has 5 nitrogen and oxygen atoms in total. The lowest BCUT2D eigenvalue weighted by atomic mass is 10.0. The van der Waals surface area contributed by atoms with Gasteiger partial charge in [-0.3, -0.25) is 14.9 Å². The van der Waals surface area contributed by atoms with Crippen molar-refractivity contribution in [1.82, 2.24) is 19.9 Å². The number of aromatic nitrogens is 3. The molecule has 4 rings (SSSR count). The van der Waals surface area contributed by atoms with Crippen LogP contribution < -0.4 is 4.74 Å². The molecular formula is C21H22N4O. The predicted octanol–water partition coefficient (Wildman–Crippen LogP) is 4.25. The van der Waals surface area contributed by atoms with Crippen LogP contribution in [0.5, 0.6) is 11.6 Å². The van der Waals surface area contributed by atoms with Crippen molar-refractivity contribution in [2.24, 2.45) is 5.92 Å². The van der Waals surface area contributed by atoms with E-state index in [1.807, 2.05) is 30.6 Å². The van der Waals surface area contributed by atoms with Crippen molar-refractivity contribution in [3.05, 3.63) is 78.5 Å². The summed E-state index contributed by atoms with van der Waals surface area (Å²) in [4.78, 5) is 15.0. The fraction of sp³-hybridized carbons (Fsp3) is 0.286. The number of benzene rings is 1. The topological polar surface area (TPSA) is 51.1 Å². The molecule has 0 bridgehead atoms. The molecule has 0 amide bonds. The minimum absolute atomic E-state index is 0.439. The van der Waals surface area contributed by atoms with Gasteiger partial charge in [0.25, 0.3) is 0 Å². The van der Waals surface area contributed by atoms with Crippen molar-refractivity contribution >= 4 is 0 Å². The minimum Gasteiger partial charge on any atom is -0.438 e. The van der Waals surface area contributed by atoms with E-state index in [9.17, 15) is 0 Å². The van der Waals surface area contributed by atoms with Crippen molar-refractivity contribution in [3.8, 4) is 11.6 Å². The van der Waals surface area contributed by atoms with Crippen LogP contribution in [-0.4, -0.2) is 26.4 Å². The zero-order chi connectivity index (χ0) is 17.8. The maximum absolute atomic E-state index is 5.72. The smallest absolute Gasteiger partial charge is 0.237 e. The molecule has 5 heteroatoms. The maximum Gasteiger partial charge on any atom is 0.237 e. The van der Waals surface area contributed by atoms with Crippen LogP contribution in [0.25, 0.3) is 0 Å². The Balaban J connectivity index is 1.44. The van der Waals surface area contributed by atoms with E-state index in [-0.39, 0.29) is 0 Å². The molecule has 1 aromatic carbocycles. The fourth-order valence-corrected chi connectivity index (χ4v) is 3.58. The van der Waals surface area contributed by atoms with E-state index in [0.29, 0.717) is 17.8 Å². The van der Waals surface area contributed by atoms with Gasteiger partial charge in [-0.15, -0.1) is 0 Å². The van der Waals surface area contributed by atoms with Crippen LogP contribution in [0.2, 0.25) is 0 Å². The lowest BCUT2D eigenvalue weighted by Crippen LogP contribution is -2.23. The molecule has 2 atom stereocenters. The summed E-state index contributed by atoms with van der Waals surface area (Å²) in [5.41, 5.74) is 2.58. The lowest BCUT2D eigenvalue weighted by Gasteiger charge is -2.24. The standard InChI is InChI=1S/C21H22N4O/c1-16-11-20(18-3-2-8-22-12-18)25(14-16)15-17-4-6-19(7-5-17)26-21-13-23-9-10-24-21/h2-10,12-13,16,20H,11,14-15H2,1H3/t16-,20-/m0/s1. The van der Waals surface area contributed by atoms with Crippen LogP contribution in [-0.2, 0) is 6.54 Å². The van der Waals surface area contributed by atoms with E-state index in [4.69, 9.17) is 4.74 Å². The second-order valence-corrected chi connectivity index (χ2v) is 6.86. The molecule has 3 aromatic rings. The van der Waals surface area contributed by atoms with Gasteiger partial charge >= 0.3 is 0 Å². The Morgan fingerprint density at radius 3 is 2.62 bits per heavy atom. The third kappa shape index (κ3) is 3.89. The van der Waals surface area contributed by atoms with Crippen molar-refractivity contribution < 1.29 is 4.74 Å². The second kappa shape index (κ2) is 7.62. The Morgan fingerprint density at radius 1 is 1.04 bits per heavy atom. The summed E-state index contributed by atoms with van der Waals surface area (Å²) >= 11 is 0. The molecule has 26 heavy (non-hydrogen) atoms. The van der Waals surface area contributed by atoms with Crippen LogP contribution in [0.1, 0.15) is 30.5 Å². The zero-order valence-electron chi connectivity index (χ0n) is 14.8. The van der Waals surface area contributed by atoms with Crippen LogP contribution in [0.4, 0.5) is 0 Å². The summed E-state index contributed by atoms with van der Waals surface area (Å²) in [6, 6.07) is 12.9. The van der Waals surface area contributed by atoms with Gasteiger partial charge in [-0.2, -0.15) is 0 Å². The van der Waals surface area contributed by atoms with Crippen LogP contribution in [0.15, 0.2) is 67.4 Å². The Morgan fingerprint density at radius 2 is 1.88 bits per heavy atom. The largest absolute Gasteiger partial charge is 0.438 e. The quantitative estimate of drug-likeness (QED) is 0.691. The molecule has 1 aliphatic heterocycles. The van der Waals surface area contributed by atoms with Gasteiger partial charge in [0.1, 0.15) is 5.75 Å². The first-order chi connectivity index (χ1) is 12.8. The Hall–Kier alpha value is -2.79. The highest BCUT2D eigenvalue weighted by Crippen LogP contribution is 2.36. The molecular weight excluding hydrogens is 324 g/mol. The molecule has 1 aliphatic rings. The van der Waals surface area contributed by atoms with Crippen LogP contribution in [0, 0.1) is 5.92 Å². The third-order valence-corrected chi connectivity index (χ3v) is 4.75. The van der Waals surface area contributed by atoms with Gasteiger partial charge in [-0.1, -0.05) is 25.1 Å². The summed E-state index contributed by atoms with van der Waals surface area (Å²) < 4.78 is 5.72.